The van der Waals surface area contributed by atoms with E-state index in [9.17, 15) is 9.59 Å². The molecule has 0 aliphatic rings. The zero-order valence-corrected chi connectivity index (χ0v) is 15.5. The number of carbonyl (C=O) groups excluding carboxylic acids is 2. The van der Waals surface area contributed by atoms with Crippen LogP contribution in [0.5, 0.6) is 0 Å². The summed E-state index contributed by atoms with van der Waals surface area (Å²) in [5, 5.41) is 8.10. The molecule has 0 radical (unpaired) electrons. The van der Waals surface area contributed by atoms with E-state index in [1.54, 1.807) is 6.92 Å². The summed E-state index contributed by atoms with van der Waals surface area (Å²) in [7, 11) is 0. The van der Waals surface area contributed by atoms with Crippen LogP contribution < -0.4 is 16.0 Å². The first kappa shape index (κ1) is 20.2. The van der Waals surface area contributed by atoms with E-state index in [4.69, 9.17) is 0 Å². The van der Waals surface area contributed by atoms with Gasteiger partial charge in [-0.25, -0.2) is 4.79 Å². The number of benzene rings is 1. The van der Waals surface area contributed by atoms with Gasteiger partial charge in [0.05, 0.1) is 6.54 Å². The third-order valence-electron chi connectivity index (χ3n) is 3.72. The lowest BCUT2D eigenvalue weighted by atomic mass is 9.94. The van der Waals surface area contributed by atoms with Crippen LogP contribution >= 0.6 is 0 Å². The van der Waals surface area contributed by atoms with E-state index < -0.39 is 6.03 Å². The van der Waals surface area contributed by atoms with Crippen LogP contribution in [0.1, 0.15) is 51.8 Å². The maximum Gasteiger partial charge on any atom is 0.321 e. The van der Waals surface area contributed by atoms with Gasteiger partial charge in [0, 0.05) is 12.6 Å². The monoisotopic (exact) mass is 333 g/mol. The van der Waals surface area contributed by atoms with E-state index in [0.29, 0.717) is 18.4 Å². The molecule has 0 unspecified atom stereocenters. The van der Waals surface area contributed by atoms with E-state index >= 15 is 0 Å². The second kappa shape index (κ2) is 10.1. The van der Waals surface area contributed by atoms with Gasteiger partial charge in [-0.2, -0.15) is 0 Å². The van der Waals surface area contributed by atoms with Gasteiger partial charge in [0.15, 0.2) is 0 Å². The summed E-state index contributed by atoms with van der Waals surface area (Å²) in [6.45, 7) is 11.0. The van der Waals surface area contributed by atoms with Gasteiger partial charge in [-0.3, -0.25) is 10.1 Å². The van der Waals surface area contributed by atoms with Crippen LogP contribution in [0.4, 0.5) is 4.79 Å². The fraction of sp³-hybridized carbons (Fsp3) is 0.579. The van der Waals surface area contributed by atoms with Gasteiger partial charge in [0.25, 0.3) is 0 Å². The standard InChI is InChI=1S/C19H31N3O2/c1-6-20-19(24)22-17(23)12-21-18(14(4)5)16-9-7-15(8-10-16)11-13(2)3/h7-10,13-14,18,21H,6,11-12H2,1-5H3,(H2,20,22,23,24)/t18-/m1/s1. The summed E-state index contributed by atoms with van der Waals surface area (Å²) in [5.41, 5.74) is 2.48. The summed E-state index contributed by atoms with van der Waals surface area (Å²) < 4.78 is 0. The smallest absolute Gasteiger partial charge is 0.321 e. The predicted molar refractivity (Wildman–Crippen MR) is 97.8 cm³/mol. The molecule has 3 N–H and O–H groups in total. The third kappa shape index (κ3) is 7.13. The van der Waals surface area contributed by atoms with Crippen LogP contribution in [0.15, 0.2) is 24.3 Å². The van der Waals surface area contributed by atoms with Crippen molar-refractivity contribution in [3.63, 3.8) is 0 Å². The van der Waals surface area contributed by atoms with Gasteiger partial charge >= 0.3 is 6.03 Å². The lowest BCUT2D eigenvalue weighted by molar-refractivity contribution is -0.119. The summed E-state index contributed by atoms with van der Waals surface area (Å²) in [5.74, 6) is 0.633. The van der Waals surface area contributed by atoms with Crippen molar-refractivity contribution >= 4 is 11.9 Å². The van der Waals surface area contributed by atoms with Crippen LogP contribution in [0.25, 0.3) is 0 Å². The highest BCUT2D eigenvalue weighted by Gasteiger charge is 2.17. The van der Waals surface area contributed by atoms with E-state index in [1.165, 1.54) is 5.56 Å². The fourth-order valence-corrected chi connectivity index (χ4v) is 2.65. The third-order valence-corrected chi connectivity index (χ3v) is 3.72. The molecule has 0 aromatic heterocycles. The first-order chi connectivity index (χ1) is 11.3. The first-order valence-electron chi connectivity index (χ1n) is 8.73. The van der Waals surface area contributed by atoms with Crippen molar-refractivity contribution in [3.8, 4) is 0 Å². The molecule has 5 nitrogen and oxygen atoms in total. The normalized spacial score (nSPS) is 12.3. The van der Waals surface area contributed by atoms with Crippen LogP contribution in [-0.2, 0) is 11.2 Å². The number of urea groups is 1. The lowest BCUT2D eigenvalue weighted by Gasteiger charge is -2.23. The molecule has 0 fully saturated rings. The summed E-state index contributed by atoms with van der Waals surface area (Å²) in [6, 6.07) is 8.16. The molecule has 24 heavy (non-hydrogen) atoms. The van der Waals surface area contributed by atoms with Gasteiger partial charge in [-0.05, 0) is 36.3 Å². The Labute approximate surface area is 145 Å². The Morgan fingerprint density at radius 1 is 1.04 bits per heavy atom. The van der Waals surface area contributed by atoms with Crippen molar-refractivity contribution in [2.75, 3.05) is 13.1 Å². The summed E-state index contributed by atoms with van der Waals surface area (Å²) in [4.78, 5) is 23.2. The Kier molecular flexibility index (Phi) is 8.47. The molecule has 1 rings (SSSR count). The molecule has 0 saturated heterocycles. The number of nitrogens with one attached hydrogen (secondary N) is 3. The minimum Gasteiger partial charge on any atom is -0.338 e. The van der Waals surface area contributed by atoms with Gasteiger partial charge in [-0.1, -0.05) is 52.0 Å². The number of amides is 3. The zero-order valence-electron chi connectivity index (χ0n) is 15.5. The summed E-state index contributed by atoms with van der Waals surface area (Å²) in [6.07, 6.45) is 1.06. The van der Waals surface area contributed by atoms with Crippen molar-refractivity contribution in [2.24, 2.45) is 11.8 Å². The highest BCUT2D eigenvalue weighted by atomic mass is 16.2. The number of carbonyl (C=O) groups is 2. The fourth-order valence-electron chi connectivity index (χ4n) is 2.65. The second-order valence-electron chi connectivity index (χ2n) is 6.85. The topological polar surface area (TPSA) is 70.2 Å². The SMILES string of the molecule is CCNC(=O)NC(=O)CN[C@@H](c1ccc(CC(C)C)cc1)C(C)C. The molecule has 5 heteroatoms. The van der Waals surface area contributed by atoms with Crippen LogP contribution in [0, 0.1) is 11.8 Å². The first-order valence-corrected chi connectivity index (χ1v) is 8.73. The van der Waals surface area contributed by atoms with Crippen molar-refractivity contribution in [1.29, 1.82) is 0 Å². The molecule has 0 spiro atoms. The number of imide groups is 1. The number of hydrogen-bond donors (Lipinski definition) is 3. The van der Waals surface area contributed by atoms with Gasteiger partial charge in [0.1, 0.15) is 0 Å². The molecule has 1 aromatic carbocycles. The van der Waals surface area contributed by atoms with E-state index in [0.717, 1.165) is 12.0 Å². The quantitative estimate of drug-likeness (QED) is 0.685. The maximum atomic E-state index is 11.8. The number of rotatable bonds is 8. The van der Waals surface area contributed by atoms with Crippen molar-refractivity contribution in [3.05, 3.63) is 35.4 Å². The largest absolute Gasteiger partial charge is 0.338 e. The molecular weight excluding hydrogens is 302 g/mol. The molecule has 3 amide bonds. The van der Waals surface area contributed by atoms with Gasteiger partial charge in [0.2, 0.25) is 5.91 Å². The second-order valence-corrected chi connectivity index (χ2v) is 6.85. The summed E-state index contributed by atoms with van der Waals surface area (Å²) >= 11 is 0. The van der Waals surface area contributed by atoms with Crippen LogP contribution in [0.3, 0.4) is 0 Å². The number of hydrogen-bond acceptors (Lipinski definition) is 3. The van der Waals surface area contributed by atoms with Gasteiger partial charge in [-0.15, -0.1) is 0 Å². The minimum absolute atomic E-state index is 0.0677. The molecular formula is C19H31N3O2. The van der Waals surface area contributed by atoms with E-state index in [2.05, 4.69) is 67.9 Å². The molecule has 0 saturated carbocycles. The van der Waals surface area contributed by atoms with E-state index in [1.807, 2.05) is 0 Å². The molecule has 0 bridgehead atoms. The molecule has 0 heterocycles. The Morgan fingerprint density at radius 2 is 1.67 bits per heavy atom. The average Bonchev–Trinajstić information content (AvgIpc) is 2.48. The lowest BCUT2D eigenvalue weighted by Crippen LogP contribution is -2.44. The molecule has 1 aromatic rings. The van der Waals surface area contributed by atoms with Crippen LogP contribution in [-0.4, -0.2) is 25.0 Å². The molecule has 0 aliphatic carbocycles. The van der Waals surface area contributed by atoms with Crippen molar-refractivity contribution < 1.29 is 9.59 Å². The van der Waals surface area contributed by atoms with Crippen molar-refractivity contribution in [1.82, 2.24) is 16.0 Å². The van der Waals surface area contributed by atoms with Crippen LogP contribution in [0.2, 0.25) is 0 Å². The Hall–Kier alpha value is -1.88. The Balaban J connectivity index is 2.64. The Morgan fingerprint density at radius 3 is 2.17 bits per heavy atom. The highest BCUT2D eigenvalue weighted by molar-refractivity contribution is 5.95. The minimum atomic E-state index is -0.455. The van der Waals surface area contributed by atoms with Crippen molar-refractivity contribution in [2.45, 2.75) is 47.1 Å². The molecule has 0 aliphatic heterocycles. The predicted octanol–water partition coefficient (Wildman–Crippen LogP) is 3.02. The molecule has 134 valence electrons. The molecule has 1 atom stereocenters. The Bertz CT molecular complexity index is 524. The van der Waals surface area contributed by atoms with E-state index in [-0.39, 0.29) is 18.5 Å². The highest BCUT2D eigenvalue weighted by Crippen LogP contribution is 2.22. The van der Waals surface area contributed by atoms with Gasteiger partial charge < -0.3 is 10.6 Å². The zero-order chi connectivity index (χ0) is 18.1. The maximum absolute atomic E-state index is 11.8. The average molecular weight is 333 g/mol.